The van der Waals surface area contributed by atoms with E-state index in [1.165, 1.54) is 19.3 Å². The van der Waals surface area contributed by atoms with Crippen molar-refractivity contribution in [2.45, 2.75) is 26.2 Å². The van der Waals surface area contributed by atoms with Crippen molar-refractivity contribution in [3.8, 4) is 0 Å². The minimum atomic E-state index is 0.683. The summed E-state index contributed by atoms with van der Waals surface area (Å²) in [7, 11) is 1.84. The molecule has 17 heavy (non-hydrogen) atoms. The Balaban J connectivity index is 2.12. The highest BCUT2D eigenvalue weighted by Gasteiger charge is 2.24. The van der Waals surface area contributed by atoms with E-state index in [4.69, 9.17) is 0 Å². The molecular formula is C12H19BrN4. The fourth-order valence-corrected chi connectivity index (χ4v) is 2.81. The van der Waals surface area contributed by atoms with Gasteiger partial charge in [-0.2, -0.15) is 4.98 Å². The van der Waals surface area contributed by atoms with Gasteiger partial charge in [-0.15, -0.1) is 0 Å². The van der Waals surface area contributed by atoms with Gasteiger partial charge in [0.05, 0.1) is 4.47 Å². The zero-order chi connectivity index (χ0) is 12.3. The van der Waals surface area contributed by atoms with Crippen LogP contribution in [0.3, 0.4) is 0 Å². The summed E-state index contributed by atoms with van der Waals surface area (Å²) in [5.41, 5.74) is 0. The number of nitrogens with zero attached hydrogens (tertiary/aromatic N) is 3. The lowest BCUT2D eigenvalue weighted by molar-refractivity contribution is 0.529. The maximum Gasteiger partial charge on any atom is 0.224 e. The van der Waals surface area contributed by atoms with Gasteiger partial charge in [-0.3, -0.25) is 0 Å². The molecule has 1 unspecified atom stereocenters. The van der Waals surface area contributed by atoms with Gasteiger partial charge in [-0.1, -0.05) is 13.3 Å². The average molecular weight is 299 g/mol. The van der Waals surface area contributed by atoms with E-state index in [0.29, 0.717) is 5.95 Å². The Morgan fingerprint density at radius 1 is 1.59 bits per heavy atom. The van der Waals surface area contributed by atoms with E-state index >= 15 is 0 Å². The van der Waals surface area contributed by atoms with Crippen molar-refractivity contribution < 1.29 is 0 Å². The molecule has 0 amide bonds. The third-order valence-electron chi connectivity index (χ3n) is 3.23. The van der Waals surface area contributed by atoms with Crippen molar-refractivity contribution in [1.29, 1.82) is 0 Å². The Labute approximate surface area is 111 Å². The fourth-order valence-electron chi connectivity index (χ4n) is 2.37. The van der Waals surface area contributed by atoms with Crippen molar-refractivity contribution in [3.05, 3.63) is 10.7 Å². The maximum absolute atomic E-state index is 4.52. The third-order valence-corrected chi connectivity index (χ3v) is 3.79. The predicted molar refractivity (Wildman–Crippen MR) is 74.5 cm³/mol. The van der Waals surface area contributed by atoms with E-state index in [1.807, 2.05) is 13.2 Å². The third kappa shape index (κ3) is 2.89. The van der Waals surface area contributed by atoms with Crippen LogP contribution in [0.25, 0.3) is 0 Å². The first-order valence-electron chi connectivity index (χ1n) is 6.19. The van der Waals surface area contributed by atoms with E-state index in [9.17, 15) is 0 Å². The Bertz CT molecular complexity index is 383. The number of anilines is 2. The van der Waals surface area contributed by atoms with Crippen LogP contribution in [0.4, 0.5) is 11.8 Å². The zero-order valence-corrected chi connectivity index (χ0v) is 12.0. The molecular weight excluding hydrogens is 280 g/mol. The molecule has 0 bridgehead atoms. The first kappa shape index (κ1) is 12.6. The standard InChI is InChI=1S/C12H19BrN4/c1-3-4-9-5-6-17(8-9)11-10(13)7-15-12(14-2)16-11/h7,9H,3-6,8H2,1-2H3,(H,14,15,16). The van der Waals surface area contributed by atoms with Gasteiger partial charge in [0, 0.05) is 26.3 Å². The number of hydrogen-bond donors (Lipinski definition) is 1. The highest BCUT2D eigenvalue weighted by Crippen LogP contribution is 2.30. The van der Waals surface area contributed by atoms with Crippen molar-refractivity contribution in [2.24, 2.45) is 5.92 Å². The molecule has 1 N–H and O–H groups in total. The Morgan fingerprint density at radius 3 is 3.12 bits per heavy atom. The highest BCUT2D eigenvalue weighted by molar-refractivity contribution is 9.10. The molecule has 5 heteroatoms. The van der Waals surface area contributed by atoms with Gasteiger partial charge in [0.1, 0.15) is 5.82 Å². The largest absolute Gasteiger partial charge is 0.357 e. The molecule has 2 heterocycles. The molecule has 1 aliphatic heterocycles. The van der Waals surface area contributed by atoms with Crippen LogP contribution in [0, 0.1) is 5.92 Å². The van der Waals surface area contributed by atoms with Gasteiger partial charge < -0.3 is 10.2 Å². The number of hydrogen-bond acceptors (Lipinski definition) is 4. The first-order chi connectivity index (χ1) is 8.24. The first-order valence-corrected chi connectivity index (χ1v) is 6.99. The molecule has 94 valence electrons. The summed E-state index contributed by atoms with van der Waals surface area (Å²) >= 11 is 3.53. The summed E-state index contributed by atoms with van der Waals surface area (Å²) in [6.45, 7) is 4.47. The van der Waals surface area contributed by atoms with Gasteiger partial charge >= 0.3 is 0 Å². The van der Waals surface area contributed by atoms with E-state index in [0.717, 1.165) is 29.3 Å². The van der Waals surface area contributed by atoms with Crippen LogP contribution < -0.4 is 10.2 Å². The van der Waals surface area contributed by atoms with Crippen LogP contribution in [0.2, 0.25) is 0 Å². The quantitative estimate of drug-likeness (QED) is 0.928. The number of halogens is 1. The zero-order valence-electron chi connectivity index (χ0n) is 10.4. The van der Waals surface area contributed by atoms with E-state index in [-0.39, 0.29) is 0 Å². The maximum atomic E-state index is 4.52. The summed E-state index contributed by atoms with van der Waals surface area (Å²) in [6, 6.07) is 0. The van der Waals surface area contributed by atoms with E-state index in [1.54, 1.807) is 0 Å². The van der Waals surface area contributed by atoms with Gasteiger partial charge in [0.15, 0.2) is 0 Å². The second-order valence-corrected chi connectivity index (χ2v) is 5.36. The summed E-state index contributed by atoms with van der Waals surface area (Å²) in [5.74, 6) is 2.52. The van der Waals surface area contributed by atoms with Crippen LogP contribution in [-0.2, 0) is 0 Å². The van der Waals surface area contributed by atoms with Crippen molar-refractivity contribution in [3.63, 3.8) is 0 Å². The lowest BCUT2D eigenvalue weighted by Gasteiger charge is -2.19. The van der Waals surface area contributed by atoms with Gasteiger partial charge in [0.25, 0.3) is 0 Å². The molecule has 0 radical (unpaired) electrons. The fraction of sp³-hybridized carbons (Fsp3) is 0.667. The van der Waals surface area contributed by atoms with Crippen LogP contribution >= 0.6 is 15.9 Å². The van der Waals surface area contributed by atoms with Crippen molar-refractivity contribution in [2.75, 3.05) is 30.4 Å². The summed E-state index contributed by atoms with van der Waals surface area (Å²) < 4.78 is 0.980. The molecule has 1 atom stereocenters. The molecule has 1 fully saturated rings. The molecule has 1 aliphatic rings. The highest BCUT2D eigenvalue weighted by atomic mass is 79.9. The second kappa shape index (κ2) is 5.67. The summed E-state index contributed by atoms with van der Waals surface area (Å²) in [6.07, 6.45) is 5.68. The summed E-state index contributed by atoms with van der Waals surface area (Å²) in [5, 5.41) is 2.98. The minimum Gasteiger partial charge on any atom is -0.357 e. The molecule has 0 spiro atoms. The molecule has 0 aliphatic carbocycles. The molecule has 1 aromatic heterocycles. The Kier molecular flexibility index (Phi) is 4.20. The average Bonchev–Trinajstić information content (AvgIpc) is 2.79. The second-order valence-electron chi connectivity index (χ2n) is 4.50. The van der Waals surface area contributed by atoms with Gasteiger partial charge in [-0.25, -0.2) is 4.98 Å². The lowest BCUT2D eigenvalue weighted by atomic mass is 10.0. The van der Waals surface area contributed by atoms with Crippen molar-refractivity contribution >= 4 is 27.7 Å². The van der Waals surface area contributed by atoms with Crippen LogP contribution in [0.15, 0.2) is 10.7 Å². The number of nitrogens with one attached hydrogen (secondary N) is 1. The topological polar surface area (TPSA) is 41.1 Å². The SMILES string of the molecule is CCCC1CCN(c2nc(NC)ncc2Br)C1. The Hall–Kier alpha value is -0.840. The normalized spacial score (nSPS) is 19.7. The number of aromatic nitrogens is 2. The molecule has 1 aromatic rings. The van der Waals surface area contributed by atoms with E-state index in [2.05, 4.69) is 43.0 Å². The Morgan fingerprint density at radius 2 is 2.41 bits per heavy atom. The lowest BCUT2D eigenvalue weighted by Crippen LogP contribution is -2.21. The van der Waals surface area contributed by atoms with Crippen LogP contribution in [0.1, 0.15) is 26.2 Å². The number of rotatable bonds is 4. The molecule has 0 saturated carbocycles. The molecule has 1 saturated heterocycles. The van der Waals surface area contributed by atoms with E-state index < -0.39 is 0 Å². The monoisotopic (exact) mass is 298 g/mol. The molecule has 2 rings (SSSR count). The predicted octanol–water partition coefficient (Wildman–Crippen LogP) is 2.91. The van der Waals surface area contributed by atoms with Crippen molar-refractivity contribution in [1.82, 2.24) is 9.97 Å². The van der Waals surface area contributed by atoms with Gasteiger partial charge in [-0.05, 0) is 34.7 Å². The van der Waals surface area contributed by atoms with Crippen LogP contribution in [0.5, 0.6) is 0 Å². The molecule has 0 aromatic carbocycles. The minimum absolute atomic E-state index is 0.683. The smallest absolute Gasteiger partial charge is 0.224 e. The van der Waals surface area contributed by atoms with Gasteiger partial charge in [0.2, 0.25) is 5.95 Å². The van der Waals surface area contributed by atoms with Crippen LogP contribution in [-0.4, -0.2) is 30.1 Å². The molecule has 4 nitrogen and oxygen atoms in total. The summed E-state index contributed by atoms with van der Waals surface area (Å²) in [4.78, 5) is 11.1.